The number of carbonyl (C=O) groups is 2. The van der Waals surface area contributed by atoms with Crippen molar-refractivity contribution in [3.63, 3.8) is 0 Å². The van der Waals surface area contributed by atoms with E-state index in [1.807, 2.05) is 0 Å². The molecule has 2 N–H and O–H groups in total. The molecule has 1 atom stereocenters. The van der Waals surface area contributed by atoms with Gasteiger partial charge in [-0.25, -0.2) is 13.9 Å². The summed E-state index contributed by atoms with van der Waals surface area (Å²) in [5.74, 6) is -2.11. The fourth-order valence-electron chi connectivity index (χ4n) is 2.69. The molecule has 1 amide bonds. The van der Waals surface area contributed by atoms with Crippen LogP contribution in [-0.4, -0.2) is 32.8 Å². The molecule has 6 nitrogen and oxygen atoms in total. The van der Waals surface area contributed by atoms with Crippen LogP contribution in [0.2, 0.25) is 0 Å². The molecule has 0 bridgehead atoms. The summed E-state index contributed by atoms with van der Waals surface area (Å²) in [6, 6.07) is 5.31. The summed E-state index contributed by atoms with van der Waals surface area (Å²) in [5, 5.41) is 16.0. The zero-order valence-electron chi connectivity index (χ0n) is 14.7. The van der Waals surface area contributed by atoms with Crippen LogP contribution in [0.15, 0.2) is 24.3 Å². The molecule has 1 aromatic carbocycles. The SMILES string of the molecule is Cc1nn(-c2ccccc2F)c(C)c1CC(=O)N[C@@H](C(=O)O)C(C)C. The number of benzene rings is 1. The Kier molecular flexibility index (Phi) is 5.56. The molecular formula is C18H22FN3O3. The van der Waals surface area contributed by atoms with E-state index in [1.165, 1.54) is 10.7 Å². The van der Waals surface area contributed by atoms with Crippen molar-refractivity contribution in [1.82, 2.24) is 15.1 Å². The number of carboxylic acid groups (broad SMARTS) is 1. The van der Waals surface area contributed by atoms with Crippen molar-refractivity contribution in [2.75, 3.05) is 0 Å². The fraction of sp³-hybridized carbons (Fsp3) is 0.389. The van der Waals surface area contributed by atoms with Gasteiger partial charge in [0, 0.05) is 11.3 Å². The zero-order chi connectivity index (χ0) is 18.7. The lowest BCUT2D eigenvalue weighted by atomic mass is 10.0. The number of carboxylic acids is 1. The Hall–Kier alpha value is -2.70. The zero-order valence-corrected chi connectivity index (χ0v) is 14.7. The van der Waals surface area contributed by atoms with Gasteiger partial charge in [-0.1, -0.05) is 26.0 Å². The molecule has 0 aliphatic carbocycles. The molecule has 1 aromatic heterocycles. The number of hydrogen-bond acceptors (Lipinski definition) is 3. The van der Waals surface area contributed by atoms with Crippen LogP contribution in [-0.2, 0) is 16.0 Å². The Labute approximate surface area is 145 Å². The number of aromatic nitrogens is 2. The molecule has 25 heavy (non-hydrogen) atoms. The highest BCUT2D eigenvalue weighted by Gasteiger charge is 2.25. The van der Waals surface area contributed by atoms with Gasteiger partial charge in [-0.2, -0.15) is 5.10 Å². The van der Waals surface area contributed by atoms with Gasteiger partial charge in [-0.05, 0) is 31.9 Å². The number of halogens is 1. The highest BCUT2D eigenvalue weighted by atomic mass is 19.1. The number of amides is 1. The lowest BCUT2D eigenvalue weighted by Crippen LogP contribution is -2.45. The van der Waals surface area contributed by atoms with E-state index in [0.717, 1.165) is 0 Å². The van der Waals surface area contributed by atoms with E-state index in [1.54, 1.807) is 45.9 Å². The lowest BCUT2D eigenvalue weighted by molar-refractivity contribution is -0.143. The summed E-state index contributed by atoms with van der Waals surface area (Å²) < 4.78 is 15.5. The highest BCUT2D eigenvalue weighted by molar-refractivity contribution is 5.85. The molecule has 2 rings (SSSR count). The van der Waals surface area contributed by atoms with Gasteiger partial charge in [-0.15, -0.1) is 0 Å². The topological polar surface area (TPSA) is 84.2 Å². The van der Waals surface area contributed by atoms with Crippen LogP contribution >= 0.6 is 0 Å². The van der Waals surface area contributed by atoms with Crippen molar-refractivity contribution in [3.05, 3.63) is 47.0 Å². The first-order chi connectivity index (χ1) is 11.7. The molecule has 2 aromatic rings. The fourth-order valence-corrected chi connectivity index (χ4v) is 2.69. The normalized spacial score (nSPS) is 12.2. The minimum atomic E-state index is -1.07. The van der Waals surface area contributed by atoms with Gasteiger partial charge in [0.15, 0.2) is 0 Å². The van der Waals surface area contributed by atoms with E-state index in [4.69, 9.17) is 0 Å². The minimum Gasteiger partial charge on any atom is -0.480 e. The van der Waals surface area contributed by atoms with Gasteiger partial charge in [-0.3, -0.25) is 4.79 Å². The maximum absolute atomic E-state index is 14.0. The standard InChI is InChI=1S/C18H22FN3O3/c1-10(2)17(18(24)25)20-16(23)9-13-11(3)21-22(12(13)4)15-8-6-5-7-14(15)19/h5-8,10,17H,9H2,1-4H3,(H,20,23)(H,24,25)/t17-/m1/s1. The molecule has 0 aliphatic rings. The van der Waals surface area contributed by atoms with Gasteiger partial charge < -0.3 is 10.4 Å². The smallest absolute Gasteiger partial charge is 0.326 e. The summed E-state index contributed by atoms with van der Waals surface area (Å²) in [6.07, 6.45) is -0.0113. The van der Waals surface area contributed by atoms with Crippen molar-refractivity contribution in [2.24, 2.45) is 5.92 Å². The summed E-state index contributed by atoms with van der Waals surface area (Å²) in [7, 11) is 0. The Morgan fingerprint density at radius 2 is 1.92 bits per heavy atom. The van der Waals surface area contributed by atoms with Crippen LogP contribution in [0.3, 0.4) is 0 Å². The lowest BCUT2D eigenvalue weighted by Gasteiger charge is -2.17. The molecule has 0 aliphatic heterocycles. The number of nitrogens with one attached hydrogen (secondary N) is 1. The predicted octanol–water partition coefficient (Wildman–Crippen LogP) is 2.40. The third kappa shape index (κ3) is 4.04. The molecular weight excluding hydrogens is 325 g/mol. The maximum atomic E-state index is 14.0. The number of para-hydroxylation sites is 1. The average molecular weight is 347 g/mol. The molecule has 1 heterocycles. The van der Waals surface area contributed by atoms with Crippen LogP contribution in [0.5, 0.6) is 0 Å². The van der Waals surface area contributed by atoms with Gasteiger partial charge in [0.05, 0.1) is 12.1 Å². The third-order valence-corrected chi connectivity index (χ3v) is 4.11. The first-order valence-electron chi connectivity index (χ1n) is 8.04. The molecule has 7 heteroatoms. The summed E-state index contributed by atoms with van der Waals surface area (Å²) >= 11 is 0. The molecule has 0 radical (unpaired) electrons. The van der Waals surface area contributed by atoms with Crippen molar-refractivity contribution in [2.45, 2.75) is 40.2 Å². The van der Waals surface area contributed by atoms with Crippen molar-refractivity contribution in [1.29, 1.82) is 0 Å². The first kappa shape index (κ1) is 18.6. The number of aryl methyl sites for hydroxylation is 1. The van der Waals surface area contributed by atoms with E-state index < -0.39 is 23.7 Å². The van der Waals surface area contributed by atoms with E-state index in [0.29, 0.717) is 22.6 Å². The van der Waals surface area contributed by atoms with E-state index in [2.05, 4.69) is 10.4 Å². The van der Waals surface area contributed by atoms with E-state index in [9.17, 15) is 19.1 Å². The second kappa shape index (κ2) is 7.46. The molecule has 0 fully saturated rings. The third-order valence-electron chi connectivity index (χ3n) is 4.11. The molecule has 0 saturated heterocycles. The van der Waals surface area contributed by atoms with Crippen LogP contribution < -0.4 is 5.32 Å². The van der Waals surface area contributed by atoms with Gasteiger partial charge in [0.1, 0.15) is 17.5 Å². The van der Waals surface area contributed by atoms with Crippen LogP contribution in [0.1, 0.15) is 30.8 Å². The largest absolute Gasteiger partial charge is 0.480 e. The van der Waals surface area contributed by atoms with Crippen molar-refractivity contribution >= 4 is 11.9 Å². The molecule has 134 valence electrons. The molecule has 0 unspecified atom stereocenters. The average Bonchev–Trinajstić information content (AvgIpc) is 2.80. The highest BCUT2D eigenvalue weighted by Crippen LogP contribution is 2.20. The summed E-state index contributed by atoms with van der Waals surface area (Å²) in [4.78, 5) is 23.5. The predicted molar refractivity (Wildman–Crippen MR) is 91.1 cm³/mol. The summed E-state index contributed by atoms with van der Waals surface area (Å²) in [5.41, 5.74) is 2.22. The monoisotopic (exact) mass is 347 g/mol. The number of rotatable bonds is 6. The van der Waals surface area contributed by atoms with Crippen LogP contribution in [0, 0.1) is 25.6 Å². The second-order valence-electron chi connectivity index (χ2n) is 6.32. The van der Waals surface area contributed by atoms with Crippen molar-refractivity contribution in [3.8, 4) is 5.69 Å². The van der Waals surface area contributed by atoms with E-state index >= 15 is 0 Å². The summed E-state index contributed by atoms with van der Waals surface area (Å²) in [6.45, 7) is 6.95. The Balaban J connectivity index is 2.25. The maximum Gasteiger partial charge on any atom is 0.326 e. The number of aliphatic carboxylic acids is 1. The van der Waals surface area contributed by atoms with E-state index in [-0.39, 0.29) is 12.3 Å². The van der Waals surface area contributed by atoms with Gasteiger partial charge in [0.25, 0.3) is 0 Å². The Morgan fingerprint density at radius 1 is 1.28 bits per heavy atom. The first-order valence-corrected chi connectivity index (χ1v) is 8.04. The van der Waals surface area contributed by atoms with Crippen molar-refractivity contribution < 1.29 is 19.1 Å². The van der Waals surface area contributed by atoms with Crippen LogP contribution in [0.25, 0.3) is 5.69 Å². The number of hydrogen-bond donors (Lipinski definition) is 2. The number of carbonyl (C=O) groups excluding carboxylic acids is 1. The minimum absolute atomic E-state index is 0.0113. The quantitative estimate of drug-likeness (QED) is 0.840. The van der Waals surface area contributed by atoms with Gasteiger partial charge >= 0.3 is 5.97 Å². The Morgan fingerprint density at radius 3 is 2.48 bits per heavy atom. The molecule has 0 spiro atoms. The van der Waals surface area contributed by atoms with Gasteiger partial charge in [0.2, 0.25) is 5.91 Å². The second-order valence-corrected chi connectivity index (χ2v) is 6.32. The van der Waals surface area contributed by atoms with Crippen LogP contribution in [0.4, 0.5) is 4.39 Å². The number of nitrogens with zero attached hydrogens (tertiary/aromatic N) is 2. The molecule has 0 saturated carbocycles. The Bertz CT molecular complexity index is 799.